The standard InChI is InChI=1S/C13H18FNO5/c1-18-6-3-7-19-8-9-20-10-11-4-2-5-12(13(11)14)15(16)17/h2,4-5H,3,6-10H2,1H3. The van der Waals surface area contributed by atoms with Gasteiger partial charge in [0.25, 0.3) is 0 Å². The van der Waals surface area contributed by atoms with Crippen molar-refractivity contribution in [1.82, 2.24) is 0 Å². The van der Waals surface area contributed by atoms with Crippen LogP contribution in [0.15, 0.2) is 18.2 Å². The average Bonchev–Trinajstić information content (AvgIpc) is 2.43. The minimum Gasteiger partial charge on any atom is -0.385 e. The van der Waals surface area contributed by atoms with Crippen molar-refractivity contribution >= 4 is 5.69 Å². The summed E-state index contributed by atoms with van der Waals surface area (Å²) in [6.07, 6.45) is 0.802. The van der Waals surface area contributed by atoms with E-state index >= 15 is 0 Å². The number of nitro groups is 1. The van der Waals surface area contributed by atoms with Crippen LogP contribution in [0.25, 0.3) is 0 Å². The highest BCUT2D eigenvalue weighted by Crippen LogP contribution is 2.20. The summed E-state index contributed by atoms with van der Waals surface area (Å²) in [6, 6.07) is 4.01. The summed E-state index contributed by atoms with van der Waals surface area (Å²) in [5, 5.41) is 10.6. The second-order valence-corrected chi connectivity index (χ2v) is 4.02. The SMILES string of the molecule is COCCCOCCOCc1cccc([N+](=O)[O-])c1F. The Morgan fingerprint density at radius 3 is 2.65 bits per heavy atom. The first-order valence-electron chi connectivity index (χ1n) is 6.23. The topological polar surface area (TPSA) is 70.8 Å². The van der Waals surface area contributed by atoms with E-state index in [9.17, 15) is 14.5 Å². The molecule has 0 aliphatic heterocycles. The van der Waals surface area contributed by atoms with Crippen LogP contribution in [-0.2, 0) is 20.8 Å². The van der Waals surface area contributed by atoms with Crippen LogP contribution in [0.3, 0.4) is 0 Å². The van der Waals surface area contributed by atoms with Crippen LogP contribution in [0.4, 0.5) is 10.1 Å². The van der Waals surface area contributed by atoms with E-state index in [0.29, 0.717) is 26.4 Å². The van der Waals surface area contributed by atoms with Gasteiger partial charge in [-0.05, 0) is 6.42 Å². The lowest BCUT2D eigenvalue weighted by Gasteiger charge is -2.06. The number of methoxy groups -OCH3 is 1. The minimum absolute atomic E-state index is 0.0189. The summed E-state index contributed by atoms with van der Waals surface area (Å²) in [4.78, 5) is 9.82. The molecule has 0 spiro atoms. The predicted molar refractivity (Wildman–Crippen MR) is 70.0 cm³/mol. The molecule has 7 heteroatoms. The molecule has 1 aromatic rings. The Morgan fingerprint density at radius 2 is 1.95 bits per heavy atom. The molecule has 0 bridgehead atoms. The van der Waals surface area contributed by atoms with Crippen LogP contribution in [0.2, 0.25) is 0 Å². The van der Waals surface area contributed by atoms with Crippen LogP contribution >= 0.6 is 0 Å². The molecule has 0 saturated heterocycles. The molecule has 0 aliphatic carbocycles. The number of nitrogens with zero attached hydrogens (tertiary/aromatic N) is 1. The zero-order valence-electron chi connectivity index (χ0n) is 11.3. The Morgan fingerprint density at radius 1 is 1.20 bits per heavy atom. The number of hydrogen-bond donors (Lipinski definition) is 0. The molecule has 0 amide bonds. The molecule has 1 rings (SSSR count). The van der Waals surface area contributed by atoms with Crippen molar-refractivity contribution in [1.29, 1.82) is 0 Å². The highest BCUT2D eigenvalue weighted by Gasteiger charge is 2.16. The van der Waals surface area contributed by atoms with E-state index in [1.54, 1.807) is 7.11 Å². The fourth-order valence-corrected chi connectivity index (χ4v) is 1.53. The summed E-state index contributed by atoms with van der Waals surface area (Å²) in [5.41, 5.74) is -0.375. The average molecular weight is 287 g/mol. The summed E-state index contributed by atoms with van der Waals surface area (Å²) in [7, 11) is 1.62. The van der Waals surface area contributed by atoms with Crippen molar-refractivity contribution in [3.63, 3.8) is 0 Å². The number of halogens is 1. The van der Waals surface area contributed by atoms with E-state index in [0.717, 1.165) is 12.5 Å². The number of rotatable bonds is 10. The molecule has 6 nitrogen and oxygen atoms in total. The minimum atomic E-state index is -0.849. The molecule has 0 atom stereocenters. The molecule has 0 fully saturated rings. The third kappa shape index (κ3) is 5.60. The van der Waals surface area contributed by atoms with Gasteiger partial charge >= 0.3 is 5.69 Å². The second-order valence-electron chi connectivity index (χ2n) is 4.02. The first-order valence-corrected chi connectivity index (χ1v) is 6.23. The van der Waals surface area contributed by atoms with Crippen molar-refractivity contribution < 1.29 is 23.5 Å². The van der Waals surface area contributed by atoms with Gasteiger partial charge in [-0.2, -0.15) is 4.39 Å². The molecule has 0 aliphatic rings. The molecule has 0 heterocycles. The van der Waals surface area contributed by atoms with Gasteiger partial charge in [0.05, 0.1) is 24.7 Å². The van der Waals surface area contributed by atoms with Crippen LogP contribution in [0, 0.1) is 15.9 Å². The molecular weight excluding hydrogens is 269 g/mol. The normalized spacial score (nSPS) is 10.7. The van der Waals surface area contributed by atoms with Gasteiger partial charge in [0.1, 0.15) is 0 Å². The van der Waals surface area contributed by atoms with Crippen molar-refractivity contribution in [2.75, 3.05) is 33.5 Å². The Kier molecular flexibility index (Phi) is 7.71. The third-order valence-electron chi connectivity index (χ3n) is 2.52. The monoisotopic (exact) mass is 287 g/mol. The number of nitro benzene ring substituents is 1. The van der Waals surface area contributed by atoms with Gasteiger partial charge in [-0.3, -0.25) is 10.1 Å². The van der Waals surface area contributed by atoms with Gasteiger partial charge < -0.3 is 14.2 Å². The van der Waals surface area contributed by atoms with Gasteiger partial charge in [0.2, 0.25) is 5.82 Å². The van der Waals surface area contributed by atoms with Crippen LogP contribution in [-0.4, -0.2) is 38.5 Å². The molecule has 0 saturated carbocycles. The maximum atomic E-state index is 13.7. The molecule has 0 aromatic heterocycles. The molecule has 20 heavy (non-hydrogen) atoms. The number of ether oxygens (including phenoxy) is 3. The Labute approximate surface area is 116 Å². The van der Waals surface area contributed by atoms with Crippen molar-refractivity contribution in [2.24, 2.45) is 0 Å². The highest BCUT2D eigenvalue weighted by molar-refractivity contribution is 5.36. The number of hydrogen-bond acceptors (Lipinski definition) is 5. The van der Waals surface area contributed by atoms with Gasteiger partial charge in [-0.1, -0.05) is 12.1 Å². The Balaban J connectivity index is 2.25. The Bertz CT molecular complexity index is 427. The lowest BCUT2D eigenvalue weighted by Crippen LogP contribution is -2.07. The zero-order valence-corrected chi connectivity index (χ0v) is 11.3. The van der Waals surface area contributed by atoms with Crippen LogP contribution < -0.4 is 0 Å². The van der Waals surface area contributed by atoms with Gasteiger partial charge in [0, 0.05) is 32.0 Å². The van der Waals surface area contributed by atoms with E-state index < -0.39 is 16.4 Å². The van der Waals surface area contributed by atoms with Crippen molar-refractivity contribution in [2.45, 2.75) is 13.0 Å². The number of benzene rings is 1. The quantitative estimate of drug-likeness (QED) is 0.375. The predicted octanol–water partition coefficient (Wildman–Crippen LogP) is 2.30. The van der Waals surface area contributed by atoms with E-state index in [1.165, 1.54) is 12.1 Å². The lowest BCUT2D eigenvalue weighted by atomic mass is 10.2. The second kappa shape index (κ2) is 9.35. The maximum absolute atomic E-state index is 13.7. The largest absolute Gasteiger partial charge is 0.385 e. The highest BCUT2D eigenvalue weighted by atomic mass is 19.1. The third-order valence-corrected chi connectivity index (χ3v) is 2.52. The first kappa shape index (κ1) is 16.5. The summed E-state index contributed by atoms with van der Waals surface area (Å²) < 4.78 is 29.0. The van der Waals surface area contributed by atoms with Crippen LogP contribution in [0.5, 0.6) is 0 Å². The van der Waals surface area contributed by atoms with Crippen LogP contribution in [0.1, 0.15) is 12.0 Å². The van der Waals surface area contributed by atoms with Crippen molar-refractivity contribution in [3.8, 4) is 0 Å². The molecule has 0 radical (unpaired) electrons. The summed E-state index contributed by atoms with van der Waals surface area (Å²) in [6.45, 7) is 1.88. The first-order chi connectivity index (χ1) is 9.66. The van der Waals surface area contributed by atoms with E-state index in [4.69, 9.17) is 14.2 Å². The fraction of sp³-hybridized carbons (Fsp3) is 0.538. The molecular formula is C13H18FNO5. The fourth-order valence-electron chi connectivity index (χ4n) is 1.53. The zero-order chi connectivity index (χ0) is 14.8. The van der Waals surface area contributed by atoms with Crippen molar-refractivity contribution in [3.05, 3.63) is 39.7 Å². The Hall–Kier alpha value is -1.57. The van der Waals surface area contributed by atoms with E-state index in [2.05, 4.69) is 0 Å². The summed E-state index contributed by atoms with van der Waals surface area (Å²) in [5.74, 6) is -0.849. The van der Waals surface area contributed by atoms with E-state index in [1.807, 2.05) is 0 Å². The molecule has 0 N–H and O–H groups in total. The summed E-state index contributed by atoms with van der Waals surface area (Å²) >= 11 is 0. The van der Waals surface area contributed by atoms with E-state index in [-0.39, 0.29) is 12.2 Å². The maximum Gasteiger partial charge on any atom is 0.305 e. The molecule has 112 valence electrons. The van der Waals surface area contributed by atoms with Gasteiger partial charge in [-0.15, -0.1) is 0 Å². The smallest absolute Gasteiger partial charge is 0.305 e. The lowest BCUT2D eigenvalue weighted by molar-refractivity contribution is -0.387. The van der Waals surface area contributed by atoms with Gasteiger partial charge in [0.15, 0.2) is 0 Å². The molecule has 0 unspecified atom stereocenters. The van der Waals surface area contributed by atoms with Gasteiger partial charge in [-0.25, -0.2) is 0 Å². The molecule has 1 aromatic carbocycles.